The Morgan fingerprint density at radius 1 is 1.25 bits per heavy atom. The van der Waals surface area contributed by atoms with Crippen LogP contribution in [0.3, 0.4) is 0 Å². The quantitative estimate of drug-likeness (QED) is 0.887. The fraction of sp³-hybridized carbons (Fsp3) is 0.556. The highest BCUT2D eigenvalue weighted by atomic mass is 16.3. The topological polar surface area (TPSA) is 25.2 Å². The Morgan fingerprint density at radius 2 is 2.05 bits per heavy atom. The highest BCUT2D eigenvalue weighted by Crippen LogP contribution is 2.57. The first kappa shape index (κ1) is 12.5. The third kappa shape index (κ3) is 1.98. The van der Waals surface area contributed by atoms with Crippen LogP contribution in [0.15, 0.2) is 28.7 Å². The molecule has 3 unspecified atom stereocenters. The molecule has 2 aliphatic carbocycles. The van der Waals surface area contributed by atoms with Gasteiger partial charge in [-0.15, -0.1) is 0 Å². The first-order chi connectivity index (χ1) is 9.76. The van der Waals surface area contributed by atoms with Crippen molar-refractivity contribution in [3.8, 4) is 0 Å². The number of hydrogen-bond donors (Lipinski definition) is 1. The maximum atomic E-state index is 6.21. The molecule has 0 amide bonds. The van der Waals surface area contributed by atoms with Gasteiger partial charge in [-0.1, -0.05) is 25.1 Å². The summed E-state index contributed by atoms with van der Waals surface area (Å²) >= 11 is 0. The largest absolute Gasteiger partial charge is 0.459 e. The normalized spacial score (nSPS) is 29.6. The van der Waals surface area contributed by atoms with E-state index in [9.17, 15) is 0 Å². The van der Waals surface area contributed by atoms with E-state index in [1.54, 1.807) is 0 Å². The predicted molar refractivity (Wildman–Crippen MR) is 81.7 cm³/mol. The van der Waals surface area contributed by atoms with Crippen LogP contribution in [0.5, 0.6) is 0 Å². The number of benzene rings is 1. The number of para-hydroxylation sites is 1. The van der Waals surface area contributed by atoms with Crippen LogP contribution in [0.2, 0.25) is 0 Å². The van der Waals surface area contributed by atoms with E-state index in [1.165, 1.54) is 30.2 Å². The molecule has 2 aliphatic rings. The summed E-state index contributed by atoms with van der Waals surface area (Å²) in [6.45, 7) is 5.33. The van der Waals surface area contributed by atoms with E-state index in [2.05, 4.69) is 43.4 Å². The van der Waals surface area contributed by atoms with Crippen molar-refractivity contribution in [2.75, 3.05) is 6.54 Å². The summed E-state index contributed by atoms with van der Waals surface area (Å²) in [6.07, 6.45) is 4.26. The van der Waals surface area contributed by atoms with Crippen LogP contribution in [-0.2, 0) is 0 Å². The molecule has 2 nitrogen and oxygen atoms in total. The lowest BCUT2D eigenvalue weighted by atomic mass is 9.92. The van der Waals surface area contributed by atoms with Gasteiger partial charge in [0.05, 0.1) is 6.04 Å². The van der Waals surface area contributed by atoms with Gasteiger partial charge >= 0.3 is 0 Å². The number of fused-ring (bicyclic) bond motifs is 2. The molecule has 4 rings (SSSR count). The average molecular weight is 269 g/mol. The minimum absolute atomic E-state index is 0.402. The third-order valence-corrected chi connectivity index (χ3v) is 5.24. The number of aryl methyl sites for hydroxylation is 1. The molecule has 0 saturated heterocycles. The predicted octanol–water partition coefficient (Wildman–Crippen LogP) is 4.44. The molecule has 1 aromatic carbocycles. The van der Waals surface area contributed by atoms with Crippen molar-refractivity contribution < 1.29 is 4.42 Å². The van der Waals surface area contributed by atoms with Crippen molar-refractivity contribution in [1.82, 2.24) is 5.32 Å². The van der Waals surface area contributed by atoms with Crippen molar-refractivity contribution in [3.05, 3.63) is 35.6 Å². The summed E-state index contributed by atoms with van der Waals surface area (Å²) in [4.78, 5) is 0. The average Bonchev–Trinajstić information content (AvgIpc) is 2.89. The lowest BCUT2D eigenvalue weighted by Crippen LogP contribution is -2.27. The van der Waals surface area contributed by atoms with E-state index >= 15 is 0 Å². The standard InChI is InChI=1S/C18H23NO/c1-3-19-17(15-8-13-7-14(13)9-15)16-10-12-6-4-5-11(2)18(12)20-16/h4-6,10,13-15,17,19H,3,7-9H2,1-2H3. The summed E-state index contributed by atoms with van der Waals surface area (Å²) in [5.74, 6) is 3.95. The van der Waals surface area contributed by atoms with Gasteiger partial charge in [-0.2, -0.15) is 0 Å². The Bertz CT molecular complexity index is 619. The summed E-state index contributed by atoms with van der Waals surface area (Å²) in [7, 11) is 0. The lowest BCUT2D eigenvalue weighted by molar-refractivity contribution is 0.305. The Balaban J connectivity index is 1.68. The molecule has 0 bridgehead atoms. The number of nitrogens with one attached hydrogen (secondary N) is 1. The Hall–Kier alpha value is -1.28. The molecule has 1 N–H and O–H groups in total. The van der Waals surface area contributed by atoms with E-state index in [0.717, 1.165) is 35.6 Å². The zero-order valence-corrected chi connectivity index (χ0v) is 12.4. The van der Waals surface area contributed by atoms with Crippen LogP contribution < -0.4 is 5.32 Å². The molecule has 1 aromatic heterocycles. The molecule has 2 fully saturated rings. The van der Waals surface area contributed by atoms with E-state index in [-0.39, 0.29) is 0 Å². The summed E-state index contributed by atoms with van der Waals surface area (Å²) in [6, 6.07) is 9.05. The molecule has 2 heteroatoms. The van der Waals surface area contributed by atoms with Crippen molar-refractivity contribution in [3.63, 3.8) is 0 Å². The van der Waals surface area contributed by atoms with Crippen molar-refractivity contribution in [2.24, 2.45) is 17.8 Å². The summed E-state index contributed by atoms with van der Waals surface area (Å²) in [5, 5.41) is 4.91. The SMILES string of the molecule is CCNC(c1cc2cccc(C)c2o1)C1CC2CC2C1. The second-order valence-corrected chi connectivity index (χ2v) is 6.66. The second kappa shape index (κ2) is 4.63. The van der Waals surface area contributed by atoms with Crippen LogP contribution in [-0.4, -0.2) is 6.54 Å². The molecule has 2 aromatic rings. The maximum Gasteiger partial charge on any atom is 0.137 e. The molecule has 0 spiro atoms. The zero-order chi connectivity index (χ0) is 13.7. The van der Waals surface area contributed by atoms with Gasteiger partial charge < -0.3 is 9.73 Å². The van der Waals surface area contributed by atoms with Gasteiger partial charge in [-0.25, -0.2) is 0 Å². The van der Waals surface area contributed by atoms with Crippen LogP contribution in [0, 0.1) is 24.7 Å². The fourth-order valence-electron chi connectivity index (χ4n) is 4.14. The van der Waals surface area contributed by atoms with Gasteiger partial charge in [0.25, 0.3) is 0 Å². The van der Waals surface area contributed by atoms with Crippen LogP contribution in [0.4, 0.5) is 0 Å². The molecule has 106 valence electrons. The Morgan fingerprint density at radius 3 is 2.75 bits per heavy atom. The van der Waals surface area contributed by atoms with E-state index < -0.39 is 0 Å². The smallest absolute Gasteiger partial charge is 0.137 e. The van der Waals surface area contributed by atoms with E-state index in [4.69, 9.17) is 4.42 Å². The Kier molecular flexibility index (Phi) is 2.88. The van der Waals surface area contributed by atoms with E-state index in [1.807, 2.05) is 0 Å². The third-order valence-electron chi connectivity index (χ3n) is 5.24. The Labute approximate surface area is 120 Å². The number of hydrogen-bond acceptors (Lipinski definition) is 2. The van der Waals surface area contributed by atoms with Crippen molar-refractivity contribution in [2.45, 2.75) is 39.2 Å². The number of rotatable bonds is 4. The summed E-state index contributed by atoms with van der Waals surface area (Å²) in [5.41, 5.74) is 2.30. The lowest BCUT2D eigenvalue weighted by Gasteiger charge is -2.23. The summed E-state index contributed by atoms with van der Waals surface area (Å²) < 4.78 is 6.21. The minimum atomic E-state index is 0.402. The molecule has 0 radical (unpaired) electrons. The van der Waals surface area contributed by atoms with Gasteiger partial charge in [0.2, 0.25) is 0 Å². The van der Waals surface area contributed by atoms with Crippen molar-refractivity contribution in [1.29, 1.82) is 0 Å². The zero-order valence-electron chi connectivity index (χ0n) is 12.4. The van der Waals surface area contributed by atoms with E-state index in [0.29, 0.717) is 6.04 Å². The molecule has 3 atom stereocenters. The monoisotopic (exact) mass is 269 g/mol. The van der Waals surface area contributed by atoms with Gasteiger partial charge in [0.1, 0.15) is 11.3 Å². The van der Waals surface area contributed by atoms with Crippen LogP contribution >= 0.6 is 0 Å². The second-order valence-electron chi connectivity index (χ2n) is 6.66. The molecule has 1 heterocycles. The molecular formula is C18H23NO. The fourth-order valence-corrected chi connectivity index (χ4v) is 4.14. The minimum Gasteiger partial charge on any atom is -0.459 e. The molecule has 20 heavy (non-hydrogen) atoms. The van der Waals surface area contributed by atoms with Crippen LogP contribution in [0.1, 0.15) is 43.6 Å². The van der Waals surface area contributed by atoms with Gasteiger partial charge in [-0.05, 0) is 62.1 Å². The van der Waals surface area contributed by atoms with Gasteiger partial charge in [0.15, 0.2) is 0 Å². The van der Waals surface area contributed by atoms with Gasteiger partial charge in [-0.3, -0.25) is 0 Å². The number of furan rings is 1. The molecule has 2 saturated carbocycles. The van der Waals surface area contributed by atoms with Crippen LogP contribution in [0.25, 0.3) is 11.0 Å². The highest BCUT2D eigenvalue weighted by Gasteiger charge is 2.48. The van der Waals surface area contributed by atoms with Gasteiger partial charge in [0, 0.05) is 5.39 Å². The molecule has 0 aliphatic heterocycles. The first-order valence-corrected chi connectivity index (χ1v) is 7.98. The van der Waals surface area contributed by atoms with Crippen molar-refractivity contribution >= 4 is 11.0 Å². The first-order valence-electron chi connectivity index (χ1n) is 7.98. The molecular weight excluding hydrogens is 246 g/mol. The highest BCUT2D eigenvalue weighted by molar-refractivity contribution is 5.81. The maximum absolute atomic E-state index is 6.21.